The second-order valence-corrected chi connectivity index (χ2v) is 4.92. The van der Waals surface area contributed by atoms with Gasteiger partial charge < -0.3 is 29.4 Å². The van der Waals surface area contributed by atoms with Gasteiger partial charge in [0.2, 0.25) is 0 Å². The number of rotatable bonds is 3. The summed E-state index contributed by atoms with van der Waals surface area (Å²) in [4.78, 5) is 6.62. The third-order valence-corrected chi connectivity index (χ3v) is 2.99. The van der Waals surface area contributed by atoms with Gasteiger partial charge in [-0.25, -0.2) is 0 Å². The number of H-pyrrole nitrogens is 1. The Bertz CT molecular complexity index is 522. The van der Waals surface area contributed by atoms with E-state index in [4.69, 9.17) is 19.5 Å². The van der Waals surface area contributed by atoms with Gasteiger partial charge in [-0.15, -0.1) is 0 Å². The van der Waals surface area contributed by atoms with E-state index < -0.39 is 24.1 Å². The second-order valence-electron chi connectivity index (χ2n) is 4.92. The molecule has 0 saturated carbocycles. The Balaban J connectivity index is 2.24. The van der Waals surface area contributed by atoms with Crippen LogP contribution in [0.4, 0.5) is 0 Å². The third kappa shape index (κ3) is 2.76. The minimum absolute atomic E-state index is 0.0394. The van der Waals surface area contributed by atoms with Crippen molar-refractivity contribution < 1.29 is 24.4 Å². The lowest BCUT2D eigenvalue weighted by molar-refractivity contribution is -0.320. The number of aromatic nitrogens is 2. The Hall–Kier alpha value is -1.66. The Kier molecular flexibility index (Phi) is 3.96. The predicted octanol–water partition coefficient (Wildman–Crippen LogP) is -0.164. The first kappa shape index (κ1) is 14.7. The van der Waals surface area contributed by atoms with Crippen LogP contribution >= 0.6 is 0 Å². The summed E-state index contributed by atoms with van der Waals surface area (Å²) < 4.78 is 15.7. The van der Waals surface area contributed by atoms with Crippen molar-refractivity contribution in [2.75, 3.05) is 13.7 Å². The molecular formula is C12H17N3O5. The van der Waals surface area contributed by atoms with Crippen LogP contribution in [0.15, 0.2) is 0 Å². The predicted molar refractivity (Wildman–Crippen MR) is 65.7 cm³/mol. The molecule has 0 aliphatic carbocycles. The average molecular weight is 283 g/mol. The normalized spacial score (nSPS) is 26.8. The molecule has 1 aliphatic rings. The lowest BCUT2D eigenvalue weighted by Crippen LogP contribution is -2.51. The van der Waals surface area contributed by atoms with Gasteiger partial charge in [0.05, 0.1) is 13.7 Å². The van der Waals surface area contributed by atoms with E-state index in [2.05, 4.69) is 9.97 Å². The number of nitriles is 1. The topological polar surface area (TPSA) is 121 Å². The molecule has 0 bridgehead atoms. The highest BCUT2D eigenvalue weighted by molar-refractivity contribution is 5.33. The van der Waals surface area contributed by atoms with Crippen molar-refractivity contribution in [3.05, 3.63) is 11.5 Å². The van der Waals surface area contributed by atoms with Gasteiger partial charge in [-0.2, -0.15) is 10.2 Å². The van der Waals surface area contributed by atoms with Gasteiger partial charge in [-0.1, -0.05) is 0 Å². The minimum Gasteiger partial charge on any atom is -0.479 e. The molecule has 0 radical (unpaired) electrons. The van der Waals surface area contributed by atoms with E-state index in [-0.39, 0.29) is 24.0 Å². The Morgan fingerprint density at radius 3 is 2.85 bits per heavy atom. The van der Waals surface area contributed by atoms with Gasteiger partial charge in [-0.3, -0.25) is 0 Å². The van der Waals surface area contributed by atoms with Crippen LogP contribution in [-0.2, 0) is 9.47 Å². The fraction of sp³-hybridized carbons (Fsp3) is 0.667. The van der Waals surface area contributed by atoms with Crippen LogP contribution in [0, 0.1) is 11.3 Å². The van der Waals surface area contributed by atoms with Crippen LogP contribution in [0.1, 0.15) is 31.5 Å². The SMILES string of the molecule is COc1nc([C@@H](O)[C@@H]2OC(C)(C)OC[C@@H]2O)[nH]c1C#N. The van der Waals surface area contributed by atoms with Crippen molar-refractivity contribution in [2.24, 2.45) is 0 Å². The Labute approximate surface area is 115 Å². The van der Waals surface area contributed by atoms with Crippen molar-refractivity contribution in [3.8, 4) is 11.9 Å². The van der Waals surface area contributed by atoms with Gasteiger partial charge in [0.1, 0.15) is 30.2 Å². The lowest BCUT2D eigenvalue weighted by Gasteiger charge is -2.40. The zero-order valence-electron chi connectivity index (χ0n) is 11.5. The molecule has 0 aromatic carbocycles. The largest absolute Gasteiger partial charge is 0.479 e. The first-order chi connectivity index (χ1) is 9.38. The van der Waals surface area contributed by atoms with Crippen LogP contribution in [0.2, 0.25) is 0 Å². The maximum atomic E-state index is 10.3. The van der Waals surface area contributed by atoms with Gasteiger partial charge in [0, 0.05) is 0 Å². The summed E-state index contributed by atoms with van der Waals surface area (Å²) in [6, 6.07) is 1.87. The molecule has 8 nitrogen and oxygen atoms in total. The summed E-state index contributed by atoms with van der Waals surface area (Å²) in [6.45, 7) is 3.40. The second kappa shape index (κ2) is 5.38. The van der Waals surface area contributed by atoms with Crippen LogP contribution in [0.5, 0.6) is 5.88 Å². The summed E-state index contributed by atoms with van der Waals surface area (Å²) in [6.07, 6.45) is -3.15. The number of imidazole rings is 1. The summed E-state index contributed by atoms with van der Waals surface area (Å²) in [5, 5.41) is 29.1. The molecule has 8 heteroatoms. The number of hydrogen-bond donors (Lipinski definition) is 3. The van der Waals surface area contributed by atoms with Crippen molar-refractivity contribution in [1.29, 1.82) is 5.26 Å². The van der Waals surface area contributed by atoms with Gasteiger partial charge in [0.25, 0.3) is 5.88 Å². The maximum absolute atomic E-state index is 10.3. The van der Waals surface area contributed by atoms with Crippen molar-refractivity contribution in [2.45, 2.75) is 37.9 Å². The number of aliphatic hydroxyl groups is 2. The van der Waals surface area contributed by atoms with E-state index in [1.807, 2.05) is 6.07 Å². The van der Waals surface area contributed by atoms with E-state index in [0.29, 0.717) is 0 Å². The van der Waals surface area contributed by atoms with Crippen molar-refractivity contribution in [3.63, 3.8) is 0 Å². The summed E-state index contributed by atoms with van der Waals surface area (Å²) in [7, 11) is 1.37. The van der Waals surface area contributed by atoms with Crippen LogP contribution in [-0.4, -0.2) is 51.9 Å². The van der Waals surface area contributed by atoms with E-state index in [1.54, 1.807) is 13.8 Å². The molecule has 1 saturated heterocycles. The lowest BCUT2D eigenvalue weighted by atomic mass is 10.1. The summed E-state index contributed by atoms with van der Waals surface area (Å²) in [5.74, 6) is -0.734. The molecule has 3 atom stereocenters. The quantitative estimate of drug-likeness (QED) is 0.704. The van der Waals surface area contributed by atoms with Crippen LogP contribution in [0.3, 0.4) is 0 Å². The standard InChI is InChI=1S/C12H17N3O5/c1-12(2)19-5-7(16)9(20-12)8(17)10-14-6(4-13)11(15-10)18-3/h7-9,16-17H,5H2,1-3H3,(H,14,15)/t7-,8-,9+/m0/s1. The molecule has 0 amide bonds. The van der Waals surface area contributed by atoms with Crippen LogP contribution in [0.25, 0.3) is 0 Å². The molecule has 0 spiro atoms. The zero-order chi connectivity index (χ0) is 14.9. The first-order valence-electron chi connectivity index (χ1n) is 6.10. The first-order valence-corrected chi connectivity index (χ1v) is 6.10. The average Bonchev–Trinajstić information content (AvgIpc) is 2.84. The summed E-state index contributed by atoms with van der Waals surface area (Å²) >= 11 is 0. The number of ether oxygens (including phenoxy) is 3. The molecule has 20 heavy (non-hydrogen) atoms. The fourth-order valence-corrected chi connectivity index (χ4v) is 1.99. The number of hydrogen-bond acceptors (Lipinski definition) is 7. The molecule has 1 aromatic rings. The number of aromatic amines is 1. The van der Waals surface area contributed by atoms with E-state index in [9.17, 15) is 10.2 Å². The molecule has 2 rings (SSSR count). The highest BCUT2D eigenvalue weighted by atomic mass is 16.7. The smallest absolute Gasteiger partial charge is 0.250 e. The van der Waals surface area contributed by atoms with E-state index in [0.717, 1.165) is 0 Å². The summed E-state index contributed by atoms with van der Waals surface area (Å²) in [5.41, 5.74) is 0.0994. The molecular weight excluding hydrogens is 266 g/mol. The molecule has 0 unspecified atom stereocenters. The minimum atomic E-state index is -1.23. The van der Waals surface area contributed by atoms with E-state index >= 15 is 0 Å². The van der Waals surface area contributed by atoms with Crippen LogP contribution < -0.4 is 4.74 Å². The number of nitrogens with zero attached hydrogens (tertiary/aromatic N) is 2. The van der Waals surface area contributed by atoms with E-state index in [1.165, 1.54) is 7.11 Å². The van der Waals surface area contributed by atoms with Crippen molar-refractivity contribution >= 4 is 0 Å². The number of nitrogens with one attached hydrogen (secondary N) is 1. The molecule has 1 aliphatic heterocycles. The van der Waals surface area contributed by atoms with Gasteiger partial charge in [0.15, 0.2) is 11.5 Å². The Morgan fingerprint density at radius 2 is 2.30 bits per heavy atom. The monoisotopic (exact) mass is 283 g/mol. The maximum Gasteiger partial charge on any atom is 0.250 e. The molecule has 2 heterocycles. The van der Waals surface area contributed by atoms with Gasteiger partial charge >= 0.3 is 0 Å². The van der Waals surface area contributed by atoms with Crippen molar-refractivity contribution in [1.82, 2.24) is 9.97 Å². The highest BCUT2D eigenvalue weighted by Crippen LogP contribution is 2.30. The Morgan fingerprint density at radius 1 is 1.60 bits per heavy atom. The number of methoxy groups -OCH3 is 1. The fourth-order valence-electron chi connectivity index (χ4n) is 1.99. The number of aliphatic hydroxyl groups excluding tert-OH is 2. The highest BCUT2D eigenvalue weighted by Gasteiger charge is 2.41. The van der Waals surface area contributed by atoms with Gasteiger partial charge in [-0.05, 0) is 13.8 Å². The third-order valence-electron chi connectivity index (χ3n) is 2.99. The zero-order valence-corrected chi connectivity index (χ0v) is 11.5. The molecule has 3 N–H and O–H groups in total. The molecule has 1 fully saturated rings. The molecule has 1 aromatic heterocycles. The molecule has 110 valence electrons.